The van der Waals surface area contributed by atoms with E-state index in [0.29, 0.717) is 6.54 Å². The minimum Gasteiger partial charge on any atom is -0.358 e. The fraction of sp³-hybridized carbons (Fsp3) is 0.857. The summed E-state index contributed by atoms with van der Waals surface area (Å²) in [5.41, 5.74) is 5.68. The van der Waals surface area contributed by atoms with E-state index < -0.39 is 0 Å². The van der Waals surface area contributed by atoms with Crippen molar-refractivity contribution in [3.8, 4) is 0 Å². The third-order valence-electron chi connectivity index (χ3n) is 1.82. The molecule has 1 fully saturated rings. The maximum Gasteiger partial charge on any atom is 0.233 e. The molecule has 0 radical (unpaired) electrons. The molecule has 1 rings (SSSR count). The molecule has 4 nitrogen and oxygen atoms in total. The predicted octanol–water partition coefficient (Wildman–Crippen LogP) is -1.23. The van der Waals surface area contributed by atoms with E-state index in [1.54, 1.807) is 7.05 Å². The molecule has 4 heteroatoms. The molecule has 0 saturated carbocycles. The Hall–Kier alpha value is -0.610. The molecule has 0 aromatic carbocycles. The first-order chi connectivity index (χ1) is 5.03. The van der Waals surface area contributed by atoms with Crippen LogP contribution in [0, 0.1) is 0 Å². The van der Waals surface area contributed by atoms with Crippen LogP contribution in [0.25, 0.3) is 0 Å². The minimum atomic E-state index is -0.0754. The molecule has 0 bridgehead atoms. The second-order valence-corrected chi connectivity index (χ2v) is 3.47. The van der Waals surface area contributed by atoms with Gasteiger partial charge in [0.25, 0.3) is 0 Å². The number of carbonyl (C=O) groups is 1. The molecule has 64 valence electrons. The van der Waals surface area contributed by atoms with Crippen molar-refractivity contribution < 1.29 is 4.79 Å². The number of rotatable bonds is 2. The van der Waals surface area contributed by atoms with Gasteiger partial charge in [0.05, 0.1) is 6.54 Å². The Labute approximate surface area is 66.7 Å². The average Bonchev–Trinajstić information content (AvgIpc) is 1.83. The molecule has 0 atom stereocenters. The molecule has 0 aromatic rings. The Kier molecular flexibility index (Phi) is 2.15. The monoisotopic (exact) mass is 157 g/mol. The molecule has 1 amide bonds. The Balaban J connectivity index is 2.19. The fourth-order valence-corrected chi connectivity index (χ4v) is 1.37. The number of likely N-dealkylation sites (tertiary alicyclic amines) is 1. The molecule has 0 aliphatic carbocycles. The molecule has 11 heavy (non-hydrogen) atoms. The lowest BCUT2D eigenvalue weighted by atomic mass is 9.94. The van der Waals surface area contributed by atoms with Crippen LogP contribution in [-0.2, 0) is 4.79 Å². The van der Waals surface area contributed by atoms with Crippen LogP contribution in [0.5, 0.6) is 0 Å². The van der Waals surface area contributed by atoms with E-state index in [1.165, 1.54) is 0 Å². The molecule has 0 unspecified atom stereocenters. The fourth-order valence-electron chi connectivity index (χ4n) is 1.37. The van der Waals surface area contributed by atoms with E-state index in [2.05, 4.69) is 5.32 Å². The van der Waals surface area contributed by atoms with Crippen LogP contribution in [-0.4, -0.2) is 43.0 Å². The van der Waals surface area contributed by atoms with Gasteiger partial charge in [0.2, 0.25) is 5.91 Å². The van der Waals surface area contributed by atoms with Gasteiger partial charge < -0.3 is 11.1 Å². The van der Waals surface area contributed by atoms with Crippen LogP contribution in [0.3, 0.4) is 0 Å². The van der Waals surface area contributed by atoms with E-state index in [0.717, 1.165) is 13.1 Å². The summed E-state index contributed by atoms with van der Waals surface area (Å²) in [6.07, 6.45) is 0. The van der Waals surface area contributed by atoms with Gasteiger partial charge in [-0.2, -0.15) is 0 Å². The molecule has 0 aromatic heterocycles. The number of carbonyl (C=O) groups excluding carboxylic acids is 1. The summed E-state index contributed by atoms with van der Waals surface area (Å²) >= 11 is 0. The first-order valence-electron chi connectivity index (χ1n) is 3.75. The predicted molar refractivity (Wildman–Crippen MR) is 43.1 cm³/mol. The van der Waals surface area contributed by atoms with E-state index in [-0.39, 0.29) is 11.4 Å². The van der Waals surface area contributed by atoms with Crippen LogP contribution >= 0.6 is 0 Å². The number of amides is 1. The average molecular weight is 157 g/mol. The van der Waals surface area contributed by atoms with Crippen LogP contribution in [0.2, 0.25) is 0 Å². The molecule has 0 spiro atoms. The lowest BCUT2D eigenvalue weighted by molar-refractivity contribution is -0.123. The summed E-state index contributed by atoms with van der Waals surface area (Å²) in [4.78, 5) is 12.9. The summed E-state index contributed by atoms with van der Waals surface area (Å²) in [6, 6.07) is 0. The highest BCUT2D eigenvalue weighted by molar-refractivity contribution is 5.77. The Bertz CT molecular complexity index is 159. The van der Waals surface area contributed by atoms with Crippen LogP contribution in [0.4, 0.5) is 0 Å². The third-order valence-corrected chi connectivity index (χ3v) is 1.82. The maximum atomic E-state index is 10.8. The number of nitrogens with zero attached hydrogens (tertiary/aromatic N) is 1. The number of nitrogens with two attached hydrogens (primary N) is 1. The van der Waals surface area contributed by atoms with E-state index in [4.69, 9.17) is 5.73 Å². The number of likely N-dealkylation sites (N-methyl/N-ethyl adjacent to an activating group) is 1. The third kappa shape index (κ3) is 2.17. The first-order valence-corrected chi connectivity index (χ1v) is 3.75. The Morgan fingerprint density at radius 1 is 1.73 bits per heavy atom. The van der Waals surface area contributed by atoms with Crippen molar-refractivity contribution in [2.45, 2.75) is 12.5 Å². The smallest absolute Gasteiger partial charge is 0.233 e. The zero-order valence-electron chi connectivity index (χ0n) is 7.05. The van der Waals surface area contributed by atoms with E-state index in [9.17, 15) is 4.79 Å². The lowest BCUT2D eigenvalue weighted by Gasteiger charge is -2.44. The zero-order chi connectivity index (χ0) is 8.48. The molecular formula is C7H15N3O. The number of hydrogen-bond donors (Lipinski definition) is 2. The van der Waals surface area contributed by atoms with Crippen molar-refractivity contribution in [3.05, 3.63) is 0 Å². The van der Waals surface area contributed by atoms with Gasteiger partial charge in [0.15, 0.2) is 0 Å². The van der Waals surface area contributed by atoms with Crippen molar-refractivity contribution in [2.75, 3.05) is 26.7 Å². The number of nitrogens with one attached hydrogen (secondary N) is 1. The SMILES string of the molecule is CNC(=O)CN1CC(C)(N)C1. The molecule has 1 heterocycles. The maximum absolute atomic E-state index is 10.8. The molecule has 1 aliphatic heterocycles. The summed E-state index contributed by atoms with van der Waals surface area (Å²) in [5.74, 6) is 0.0560. The second-order valence-electron chi connectivity index (χ2n) is 3.47. The largest absolute Gasteiger partial charge is 0.358 e. The molecule has 1 saturated heterocycles. The van der Waals surface area contributed by atoms with Gasteiger partial charge >= 0.3 is 0 Å². The van der Waals surface area contributed by atoms with Gasteiger partial charge in [-0.3, -0.25) is 9.69 Å². The van der Waals surface area contributed by atoms with Crippen molar-refractivity contribution in [1.82, 2.24) is 10.2 Å². The van der Waals surface area contributed by atoms with Gasteiger partial charge in [0.1, 0.15) is 0 Å². The Morgan fingerprint density at radius 2 is 2.27 bits per heavy atom. The zero-order valence-corrected chi connectivity index (χ0v) is 7.05. The van der Waals surface area contributed by atoms with Crippen molar-refractivity contribution in [2.24, 2.45) is 5.73 Å². The van der Waals surface area contributed by atoms with Crippen LogP contribution in [0.1, 0.15) is 6.92 Å². The van der Waals surface area contributed by atoms with Gasteiger partial charge in [-0.15, -0.1) is 0 Å². The highest BCUT2D eigenvalue weighted by atomic mass is 16.1. The van der Waals surface area contributed by atoms with Crippen molar-refractivity contribution in [3.63, 3.8) is 0 Å². The summed E-state index contributed by atoms with van der Waals surface area (Å²) in [6.45, 7) is 4.11. The number of hydrogen-bond acceptors (Lipinski definition) is 3. The normalized spacial score (nSPS) is 22.5. The minimum absolute atomic E-state index is 0.0560. The molecular weight excluding hydrogens is 142 g/mol. The van der Waals surface area contributed by atoms with Gasteiger partial charge in [-0.25, -0.2) is 0 Å². The van der Waals surface area contributed by atoms with Crippen molar-refractivity contribution >= 4 is 5.91 Å². The van der Waals surface area contributed by atoms with Gasteiger partial charge in [-0.1, -0.05) is 0 Å². The Morgan fingerprint density at radius 3 is 2.64 bits per heavy atom. The molecule has 1 aliphatic rings. The summed E-state index contributed by atoms with van der Waals surface area (Å²) < 4.78 is 0. The van der Waals surface area contributed by atoms with Gasteiger partial charge in [0, 0.05) is 25.7 Å². The first kappa shape index (κ1) is 8.49. The van der Waals surface area contributed by atoms with Crippen molar-refractivity contribution in [1.29, 1.82) is 0 Å². The lowest BCUT2D eigenvalue weighted by Crippen LogP contribution is -2.66. The van der Waals surface area contributed by atoms with E-state index in [1.807, 2.05) is 11.8 Å². The summed E-state index contributed by atoms with van der Waals surface area (Å²) in [5, 5.41) is 2.57. The highest BCUT2D eigenvalue weighted by Gasteiger charge is 2.35. The van der Waals surface area contributed by atoms with Gasteiger partial charge in [-0.05, 0) is 6.92 Å². The summed E-state index contributed by atoms with van der Waals surface area (Å²) in [7, 11) is 1.64. The van der Waals surface area contributed by atoms with Crippen LogP contribution in [0.15, 0.2) is 0 Å². The molecule has 3 N–H and O–H groups in total. The highest BCUT2D eigenvalue weighted by Crippen LogP contribution is 2.15. The standard InChI is InChI=1S/C7H15N3O/c1-7(8)4-10(5-7)3-6(11)9-2/h3-5,8H2,1-2H3,(H,9,11). The van der Waals surface area contributed by atoms with E-state index >= 15 is 0 Å². The van der Waals surface area contributed by atoms with Crippen LogP contribution < -0.4 is 11.1 Å². The quantitative estimate of drug-likeness (QED) is 0.527. The second kappa shape index (κ2) is 2.79. The topological polar surface area (TPSA) is 58.4 Å².